The molecule has 0 saturated heterocycles. The zero-order chi connectivity index (χ0) is 14.0. The first-order valence-electron chi connectivity index (χ1n) is 6.50. The summed E-state index contributed by atoms with van der Waals surface area (Å²) in [6.45, 7) is 6.67. The third-order valence-corrected chi connectivity index (χ3v) is 3.19. The summed E-state index contributed by atoms with van der Waals surface area (Å²) in [4.78, 5) is 18.7. The van der Waals surface area contributed by atoms with Crippen molar-refractivity contribution in [1.29, 1.82) is 0 Å². The fourth-order valence-electron chi connectivity index (χ4n) is 2.27. The second kappa shape index (κ2) is 5.26. The van der Waals surface area contributed by atoms with E-state index >= 15 is 0 Å². The van der Waals surface area contributed by atoms with E-state index in [2.05, 4.69) is 4.98 Å². The van der Waals surface area contributed by atoms with Crippen molar-refractivity contribution >= 4 is 22.6 Å². The van der Waals surface area contributed by atoms with Crippen LogP contribution in [-0.2, 0) is 0 Å². The highest BCUT2D eigenvalue weighted by Gasteiger charge is 2.19. The summed E-state index contributed by atoms with van der Waals surface area (Å²) >= 11 is 0. The molecule has 1 heterocycles. The maximum atomic E-state index is 12.6. The Bertz CT molecular complexity index is 607. The molecule has 0 radical (unpaired) electrons. The topological polar surface area (TPSA) is 59.2 Å². The highest BCUT2D eigenvalue weighted by Crippen LogP contribution is 2.21. The number of aromatic nitrogens is 1. The van der Waals surface area contributed by atoms with Gasteiger partial charge in [0.1, 0.15) is 5.82 Å². The molecule has 0 unspecified atom stereocenters. The second-order valence-electron chi connectivity index (χ2n) is 4.80. The van der Waals surface area contributed by atoms with E-state index in [1.807, 2.05) is 49.9 Å². The summed E-state index contributed by atoms with van der Waals surface area (Å²) in [5.41, 5.74) is 7.18. The Morgan fingerprint density at radius 1 is 1.37 bits per heavy atom. The van der Waals surface area contributed by atoms with Gasteiger partial charge in [-0.3, -0.25) is 4.79 Å². The Morgan fingerprint density at radius 3 is 2.68 bits per heavy atom. The van der Waals surface area contributed by atoms with Crippen LogP contribution < -0.4 is 5.73 Å². The molecule has 0 aliphatic rings. The monoisotopic (exact) mass is 257 g/mol. The summed E-state index contributed by atoms with van der Waals surface area (Å²) in [5, 5.41) is 0.848. The average Bonchev–Trinajstić information content (AvgIpc) is 2.37. The van der Waals surface area contributed by atoms with E-state index in [-0.39, 0.29) is 11.9 Å². The van der Waals surface area contributed by atoms with Gasteiger partial charge in [-0.25, -0.2) is 4.98 Å². The first kappa shape index (κ1) is 13.3. The van der Waals surface area contributed by atoms with Gasteiger partial charge in [0.15, 0.2) is 0 Å². The molecule has 100 valence electrons. The van der Waals surface area contributed by atoms with Gasteiger partial charge < -0.3 is 10.6 Å². The summed E-state index contributed by atoms with van der Waals surface area (Å²) in [6.07, 6.45) is 0. The van der Waals surface area contributed by atoms with Crippen LogP contribution in [0.15, 0.2) is 30.3 Å². The highest BCUT2D eigenvalue weighted by atomic mass is 16.2. The van der Waals surface area contributed by atoms with Crippen molar-refractivity contribution in [2.75, 3.05) is 12.3 Å². The lowest BCUT2D eigenvalue weighted by molar-refractivity contribution is 0.0719. The molecule has 4 heteroatoms. The van der Waals surface area contributed by atoms with Gasteiger partial charge in [0.2, 0.25) is 0 Å². The van der Waals surface area contributed by atoms with Crippen molar-refractivity contribution in [2.24, 2.45) is 0 Å². The summed E-state index contributed by atoms with van der Waals surface area (Å²) in [7, 11) is 0. The number of hydrogen-bond donors (Lipinski definition) is 1. The van der Waals surface area contributed by atoms with Gasteiger partial charge in [-0.15, -0.1) is 0 Å². The molecule has 0 aliphatic heterocycles. The normalized spacial score (nSPS) is 10.9. The van der Waals surface area contributed by atoms with Crippen LogP contribution in [0, 0.1) is 0 Å². The van der Waals surface area contributed by atoms with Gasteiger partial charge in [0.25, 0.3) is 5.91 Å². The molecule has 0 spiro atoms. The number of pyridine rings is 1. The maximum absolute atomic E-state index is 12.6. The van der Waals surface area contributed by atoms with Crippen LogP contribution in [0.25, 0.3) is 10.9 Å². The third-order valence-electron chi connectivity index (χ3n) is 3.19. The molecule has 0 aliphatic carbocycles. The van der Waals surface area contributed by atoms with Crippen LogP contribution in [0.3, 0.4) is 0 Å². The lowest BCUT2D eigenvalue weighted by atomic mass is 10.1. The van der Waals surface area contributed by atoms with Gasteiger partial charge in [-0.2, -0.15) is 0 Å². The van der Waals surface area contributed by atoms with Crippen molar-refractivity contribution in [2.45, 2.75) is 26.8 Å². The molecule has 1 amide bonds. The zero-order valence-electron chi connectivity index (χ0n) is 11.6. The van der Waals surface area contributed by atoms with E-state index in [4.69, 9.17) is 5.73 Å². The maximum Gasteiger partial charge on any atom is 0.254 e. The van der Waals surface area contributed by atoms with Crippen molar-refractivity contribution in [3.63, 3.8) is 0 Å². The summed E-state index contributed by atoms with van der Waals surface area (Å²) < 4.78 is 0. The first-order valence-corrected chi connectivity index (χ1v) is 6.50. The summed E-state index contributed by atoms with van der Waals surface area (Å²) in [6, 6.07) is 9.39. The van der Waals surface area contributed by atoms with Crippen LogP contribution in [-0.4, -0.2) is 28.4 Å². The van der Waals surface area contributed by atoms with Crippen molar-refractivity contribution in [3.05, 3.63) is 35.9 Å². The minimum absolute atomic E-state index is 0.00259. The molecule has 0 bridgehead atoms. The van der Waals surface area contributed by atoms with E-state index in [0.717, 1.165) is 10.9 Å². The minimum Gasteiger partial charge on any atom is -0.384 e. The Morgan fingerprint density at radius 2 is 2.05 bits per heavy atom. The molecule has 0 atom stereocenters. The Hall–Kier alpha value is -2.10. The van der Waals surface area contributed by atoms with Crippen LogP contribution in [0.4, 0.5) is 5.82 Å². The number of amides is 1. The molecule has 4 nitrogen and oxygen atoms in total. The minimum atomic E-state index is 0.00259. The number of benzene rings is 1. The predicted molar refractivity (Wildman–Crippen MR) is 78.0 cm³/mol. The molecule has 2 N–H and O–H groups in total. The van der Waals surface area contributed by atoms with E-state index < -0.39 is 0 Å². The zero-order valence-corrected chi connectivity index (χ0v) is 11.6. The Kier molecular flexibility index (Phi) is 3.69. The van der Waals surface area contributed by atoms with Crippen molar-refractivity contribution in [3.8, 4) is 0 Å². The van der Waals surface area contributed by atoms with Crippen LogP contribution in [0.5, 0.6) is 0 Å². The molecular weight excluding hydrogens is 238 g/mol. The van der Waals surface area contributed by atoms with Crippen LogP contribution in [0.2, 0.25) is 0 Å². The number of rotatable bonds is 3. The second-order valence-corrected chi connectivity index (χ2v) is 4.80. The fourth-order valence-corrected chi connectivity index (χ4v) is 2.27. The molecule has 1 aromatic carbocycles. The molecule has 2 aromatic rings. The van der Waals surface area contributed by atoms with Gasteiger partial charge in [0, 0.05) is 18.0 Å². The Labute approximate surface area is 113 Å². The third kappa shape index (κ3) is 2.52. The number of nitrogens with zero attached hydrogens (tertiary/aromatic N) is 2. The average molecular weight is 257 g/mol. The number of anilines is 1. The summed E-state index contributed by atoms with van der Waals surface area (Å²) in [5.74, 6) is 0.379. The van der Waals surface area contributed by atoms with Crippen molar-refractivity contribution in [1.82, 2.24) is 9.88 Å². The van der Waals surface area contributed by atoms with Gasteiger partial charge in [-0.1, -0.05) is 18.2 Å². The number of carbonyl (C=O) groups excluding carboxylic acids is 1. The number of para-hydroxylation sites is 1. The van der Waals surface area contributed by atoms with E-state index in [0.29, 0.717) is 17.9 Å². The van der Waals surface area contributed by atoms with Gasteiger partial charge in [0.05, 0.1) is 11.1 Å². The number of hydrogen-bond acceptors (Lipinski definition) is 3. The fraction of sp³-hybridized carbons (Fsp3) is 0.333. The SMILES string of the molecule is CCN(C(=O)c1cc(N)nc2ccccc12)C(C)C. The van der Waals surface area contributed by atoms with Crippen LogP contribution >= 0.6 is 0 Å². The smallest absolute Gasteiger partial charge is 0.254 e. The number of carbonyl (C=O) groups is 1. The highest BCUT2D eigenvalue weighted by molar-refractivity contribution is 6.06. The van der Waals surface area contributed by atoms with Gasteiger partial charge in [-0.05, 0) is 32.9 Å². The molecule has 1 aromatic heterocycles. The molecule has 2 rings (SSSR count). The van der Waals surface area contributed by atoms with Crippen molar-refractivity contribution < 1.29 is 4.79 Å². The predicted octanol–water partition coefficient (Wildman–Crippen LogP) is 2.69. The first-order chi connectivity index (χ1) is 9.04. The molecule has 0 saturated carbocycles. The van der Waals surface area contributed by atoms with E-state index in [1.54, 1.807) is 6.07 Å². The van der Waals surface area contributed by atoms with Crippen LogP contribution in [0.1, 0.15) is 31.1 Å². The largest absolute Gasteiger partial charge is 0.384 e. The standard InChI is InChI=1S/C15H19N3O/c1-4-18(10(2)3)15(19)12-9-14(16)17-13-8-6-5-7-11(12)13/h5-10H,4H2,1-3H3,(H2,16,17). The van der Waals surface area contributed by atoms with E-state index in [1.165, 1.54) is 0 Å². The molecule has 19 heavy (non-hydrogen) atoms. The van der Waals surface area contributed by atoms with Gasteiger partial charge >= 0.3 is 0 Å². The lowest BCUT2D eigenvalue weighted by Crippen LogP contribution is -2.36. The number of fused-ring (bicyclic) bond motifs is 1. The lowest BCUT2D eigenvalue weighted by Gasteiger charge is -2.25. The number of nitrogen functional groups attached to an aromatic ring is 1. The molecule has 0 fully saturated rings. The Balaban J connectivity index is 2.58. The quantitative estimate of drug-likeness (QED) is 0.919. The number of nitrogens with two attached hydrogens (primary N) is 1. The molecular formula is C15H19N3O. The van der Waals surface area contributed by atoms with E-state index in [9.17, 15) is 4.79 Å².